The molecule has 0 saturated heterocycles. The molecule has 1 heterocycles. The van der Waals surface area contributed by atoms with Crippen molar-refractivity contribution in [1.29, 1.82) is 0 Å². The highest BCUT2D eigenvalue weighted by molar-refractivity contribution is 9.10. The van der Waals surface area contributed by atoms with E-state index in [0.29, 0.717) is 4.88 Å². The third kappa shape index (κ3) is 2.18. The maximum atomic E-state index is 10.4. The summed E-state index contributed by atoms with van der Waals surface area (Å²) in [5.41, 5.74) is 0. The van der Waals surface area contributed by atoms with Gasteiger partial charge in [0, 0.05) is 14.7 Å². The van der Waals surface area contributed by atoms with E-state index in [2.05, 4.69) is 15.9 Å². The van der Waals surface area contributed by atoms with Crippen LogP contribution < -0.4 is 0 Å². The van der Waals surface area contributed by atoms with Gasteiger partial charge in [-0.15, -0.1) is 22.9 Å². The van der Waals surface area contributed by atoms with E-state index in [9.17, 15) is 4.79 Å². The standard InChI is InChI=1S/C6H4BrClO2S/c7-3-1-4(11-2-3)5(8)6(9)10/h1-2,5H,(H,9,10). The van der Waals surface area contributed by atoms with Crippen LogP contribution in [0.4, 0.5) is 0 Å². The van der Waals surface area contributed by atoms with Crippen molar-refractivity contribution in [3.05, 3.63) is 20.8 Å². The molecule has 1 aromatic rings. The van der Waals surface area contributed by atoms with E-state index in [1.54, 1.807) is 11.4 Å². The van der Waals surface area contributed by atoms with Gasteiger partial charge in [0.05, 0.1) is 0 Å². The molecule has 2 nitrogen and oxygen atoms in total. The highest BCUT2D eigenvalue weighted by Crippen LogP contribution is 2.29. The van der Waals surface area contributed by atoms with Crippen molar-refractivity contribution in [3.63, 3.8) is 0 Å². The molecule has 11 heavy (non-hydrogen) atoms. The van der Waals surface area contributed by atoms with E-state index in [1.807, 2.05) is 0 Å². The summed E-state index contributed by atoms with van der Waals surface area (Å²) >= 11 is 10.1. The Balaban J connectivity index is 2.84. The third-order valence-electron chi connectivity index (χ3n) is 1.05. The minimum Gasteiger partial charge on any atom is -0.480 e. The first-order valence-corrected chi connectivity index (χ1v) is 4.83. The highest BCUT2D eigenvalue weighted by atomic mass is 79.9. The van der Waals surface area contributed by atoms with Crippen molar-refractivity contribution in [1.82, 2.24) is 0 Å². The van der Waals surface area contributed by atoms with Crippen LogP contribution in [-0.4, -0.2) is 11.1 Å². The zero-order valence-corrected chi connectivity index (χ0v) is 8.41. The lowest BCUT2D eigenvalue weighted by atomic mass is 10.3. The van der Waals surface area contributed by atoms with Crippen LogP contribution in [0.25, 0.3) is 0 Å². The summed E-state index contributed by atoms with van der Waals surface area (Å²) in [6.07, 6.45) is 0. The normalized spacial score (nSPS) is 12.9. The third-order valence-corrected chi connectivity index (χ3v) is 3.36. The van der Waals surface area contributed by atoms with Crippen LogP contribution in [0.15, 0.2) is 15.9 Å². The second-order valence-corrected chi connectivity index (χ2v) is 4.16. The molecule has 0 radical (unpaired) electrons. The summed E-state index contributed by atoms with van der Waals surface area (Å²) in [7, 11) is 0. The van der Waals surface area contributed by atoms with Crippen molar-refractivity contribution in [2.24, 2.45) is 0 Å². The molecule has 0 aromatic carbocycles. The summed E-state index contributed by atoms with van der Waals surface area (Å²) in [4.78, 5) is 11.0. The lowest BCUT2D eigenvalue weighted by molar-refractivity contribution is -0.136. The Bertz CT molecular complexity index is 273. The first-order chi connectivity index (χ1) is 5.11. The maximum absolute atomic E-state index is 10.4. The Morgan fingerprint density at radius 2 is 2.45 bits per heavy atom. The SMILES string of the molecule is O=C(O)C(Cl)c1cc(Br)cs1. The van der Waals surface area contributed by atoms with Gasteiger partial charge in [0.2, 0.25) is 0 Å². The highest BCUT2D eigenvalue weighted by Gasteiger charge is 2.17. The van der Waals surface area contributed by atoms with Crippen molar-refractivity contribution in [2.45, 2.75) is 5.38 Å². The molecule has 5 heteroatoms. The molecule has 0 bridgehead atoms. The molecule has 1 atom stereocenters. The van der Waals surface area contributed by atoms with Gasteiger partial charge in [-0.3, -0.25) is 4.79 Å². The molecule has 0 spiro atoms. The van der Waals surface area contributed by atoms with Gasteiger partial charge in [-0.05, 0) is 22.0 Å². The molecule has 1 unspecified atom stereocenters. The number of thiophene rings is 1. The van der Waals surface area contributed by atoms with Crippen LogP contribution in [0.2, 0.25) is 0 Å². The molecule has 0 aliphatic rings. The second kappa shape index (κ2) is 3.56. The summed E-state index contributed by atoms with van der Waals surface area (Å²) in [5.74, 6) is -1.01. The van der Waals surface area contributed by atoms with Crippen molar-refractivity contribution >= 4 is 44.8 Å². The Kier molecular flexibility index (Phi) is 2.92. The van der Waals surface area contributed by atoms with Gasteiger partial charge in [-0.1, -0.05) is 0 Å². The molecular weight excluding hydrogens is 251 g/mol. The van der Waals surface area contributed by atoms with Gasteiger partial charge in [0.15, 0.2) is 5.38 Å². The van der Waals surface area contributed by atoms with E-state index < -0.39 is 11.3 Å². The summed E-state index contributed by atoms with van der Waals surface area (Å²) < 4.78 is 0.865. The van der Waals surface area contributed by atoms with Gasteiger partial charge in [0.1, 0.15) is 0 Å². The Labute approximate surface area is 80.9 Å². The van der Waals surface area contributed by atoms with Crippen LogP contribution >= 0.6 is 38.9 Å². The van der Waals surface area contributed by atoms with Gasteiger partial charge in [-0.2, -0.15) is 0 Å². The fourth-order valence-corrected chi connectivity index (χ4v) is 2.21. The number of hydrogen-bond acceptors (Lipinski definition) is 2. The Morgan fingerprint density at radius 3 is 2.82 bits per heavy atom. The molecule has 60 valence electrons. The number of hydrogen-bond donors (Lipinski definition) is 1. The van der Waals surface area contributed by atoms with E-state index in [1.165, 1.54) is 11.3 Å². The fraction of sp³-hybridized carbons (Fsp3) is 0.167. The first kappa shape index (κ1) is 9.03. The molecule has 0 saturated carbocycles. The van der Waals surface area contributed by atoms with E-state index >= 15 is 0 Å². The van der Waals surface area contributed by atoms with Crippen molar-refractivity contribution in [2.75, 3.05) is 0 Å². The number of rotatable bonds is 2. The number of carboxylic acid groups (broad SMARTS) is 1. The number of halogens is 2. The molecular formula is C6H4BrClO2S. The molecule has 0 aliphatic heterocycles. The fourth-order valence-electron chi connectivity index (χ4n) is 0.583. The van der Waals surface area contributed by atoms with Gasteiger partial charge in [-0.25, -0.2) is 0 Å². The summed E-state index contributed by atoms with van der Waals surface area (Å²) in [6.45, 7) is 0. The summed E-state index contributed by atoms with van der Waals surface area (Å²) in [5, 5.41) is 9.38. The van der Waals surface area contributed by atoms with Gasteiger partial charge in [0.25, 0.3) is 0 Å². The largest absolute Gasteiger partial charge is 0.480 e. The van der Waals surface area contributed by atoms with Crippen LogP contribution in [0.5, 0.6) is 0 Å². The quantitative estimate of drug-likeness (QED) is 0.825. The minimum absolute atomic E-state index is 0.644. The number of carbonyl (C=O) groups is 1. The zero-order chi connectivity index (χ0) is 8.43. The lowest BCUT2D eigenvalue weighted by Gasteiger charge is -1.97. The van der Waals surface area contributed by atoms with Crippen molar-refractivity contribution < 1.29 is 9.90 Å². The number of aliphatic carboxylic acids is 1. The number of alkyl halides is 1. The van der Waals surface area contributed by atoms with Crippen LogP contribution in [0, 0.1) is 0 Å². The molecule has 0 amide bonds. The molecule has 0 aliphatic carbocycles. The topological polar surface area (TPSA) is 37.3 Å². The molecule has 1 N–H and O–H groups in total. The number of carboxylic acids is 1. The second-order valence-electron chi connectivity index (χ2n) is 1.87. The smallest absolute Gasteiger partial charge is 0.327 e. The van der Waals surface area contributed by atoms with E-state index in [0.717, 1.165) is 4.47 Å². The van der Waals surface area contributed by atoms with Crippen LogP contribution in [0.3, 0.4) is 0 Å². The average molecular weight is 256 g/mol. The lowest BCUT2D eigenvalue weighted by Crippen LogP contribution is -2.02. The predicted molar refractivity (Wildman–Crippen MR) is 48.2 cm³/mol. The van der Waals surface area contributed by atoms with E-state index in [4.69, 9.17) is 16.7 Å². The first-order valence-electron chi connectivity index (χ1n) is 2.72. The monoisotopic (exact) mass is 254 g/mol. The van der Waals surface area contributed by atoms with Gasteiger partial charge < -0.3 is 5.11 Å². The Hall–Kier alpha value is -0.0600. The average Bonchev–Trinajstić information content (AvgIpc) is 2.34. The molecule has 1 rings (SSSR count). The zero-order valence-electron chi connectivity index (χ0n) is 5.25. The maximum Gasteiger partial charge on any atom is 0.327 e. The minimum atomic E-state index is -1.01. The summed E-state index contributed by atoms with van der Waals surface area (Å²) in [6, 6.07) is 1.70. The molecule has 1 aromatic heterocycles. The van der Waals surface area contributed by atoms with Crippen LogP contribution in [-0.2, 0) is 4.79 Å². The predicted octanol–water partition coefficient (Wildman–Crippen LogP) is 2.88. The molecule has 0 fully saturated rings. The van der Waals surface area contributed by atoms with Crippen molar-refractivity contribution in [3.8, 4) is 0 Å². The Morgan fingerprint density at radius 1 is 1.82 bits per heavy atom. The van der Waals surface area contributed by atoms with Crippen LogP contribution in [0.1, 0.15) is 10.3 Å². The van der Waals surface area contributed by atoms with Gasteiger partial charge >= 0.3 is 5.97 Å². The van der Waals surface area contributed by atoms with E-state index in [-0.39, 0.29) is 0 Å².